The molecule has 3 amide bonds. The van der Waals surface area contributed by atoms with Crippen molar-refractivity contribution in [3.05, 3.63) is 0 Å². The number of piperazine rings is 1. The number of hydrogen-bond acceptors (Lipinski definition) is 2. The first-order valence-electron chi connectivity index (χ1n) is 3.43. The van der Waals surface area contributed by atoms with Crippen LogP contribution in [-0.4, -0.2) is 36.0 Å². The number of urea groups is 1. The van der Waals surface area contributed by atoms with E-state index in [0.29, 0.717) is 6.54 Å². The van der Waals surface area contributed by atoms with Crippen molar-refractivity contribution in [2.75, 3.05) is 13.1 Å². The van der Waals surface area contributed by atoms with Crippen LogP contribution in [0.3, 0.4) is 0 Å². The normalized spacial score (nSPS) is 24.6. The Balaban J connectivity index is 2.56. The second-order valence-electron chi connectivity index (χ2n) is 2.69. The van der Waals surface area contributed by atoms with Crippen molar-refractivity contribution in [2.24, 2.45) is 5.73 Å². The zero-order chi connectivity index (χ0) is 8.43. The molecule has 0 spiro atoms. The predicted molar refractivity (Wildman–Crippen MR) is 38.8 cm³/mol. The minimum Gasteiger partial charge on any atom is -0.351 e. The van der Waals surface area contributed by atoms with Crippen molar-refractivity contribution in [3.8, 4) is 0 Å². The van der Waals surface area contributed by atoms with Crippen molar-refractivity contribution in [1.29, 1.82) is 0 Å². The first-order chi connectivity index (χ1) is 5.09. The fourth-order valence-electron chi connectivity index (χ4n) is 1.10. The number of hydrogen-bond donors (Lipinski definition) is 2. The molecule has 1 aliphatic heterocycles. The fraction of sp³-hybridized carbons (Fsp3) is 0.667. The van der Waals surface area contributed by atoms with Crippen molar-refractivity contribution in [3.63, 3.8) is 0 Å². The molecule has 1 saturated heterocycles. The number of rotatable bonds is 0. The molecule has 1 unspecified atom stereocenters. The van der Waals surface area contributed by atoms with Crippen molar-refractivity contribution in [1.82, 2.24) is 10.2 Å². The smallest absolute Gasteiger partial charge is 0.315 e. The first kappa shape index (κ1) is 7.84. The lowest BCUT2D eigenvalue weighted by molar-refractivity contribution is -0.124. The van der Waals surface area contributed by atoms with Gasteiger partial charge in [0, 0.05) is 12.6 Å². The highest BCUT2D eigenvalue weighted by Crippen LogP contribution is 1.97. The Morgan fingerprint density at radius 1 is 1.82 bits per heavy atom. The first-order valence-corrected chi connectivity index (χ1v) is 3.43. The van der Waals surface area contributed by atoms with Crippen LogP contribution in [0.5, 0.6) is 0 Å². The topological polar surface area (TPSA) is 75.4 Å². The molecule has 5 nitrogen and oxygen atoms in total. The van der Waals surface area contributed by atoms with Crippen molar-refractivity contribution < 1.29 is 9.59 Å². The van der Waals surface area contributed by atoms with Crippen molar-refractivity contribution in [2.45, 2.75) is 13.0 Å². The molecule has 0 aliphatic carbocycles. The largest absolute Gasteiger partial charge is 0.351 e. The molecule has 5 heteroatoms. The Labute approximate surface area is 64.5 Å². The van der Waals surface area contributed by atoms with Crippen LogP contribution in [0.1, 0.15) is 6.92 Å². The van der Waals surface area contributed by atoms with Crippen LogP contribution in [-0.2, 0) is 4.79 Å². The van der Waals surface area contributed by atoms with Gasteiger partial charge >= 0.3 is 6.03 Å². The van der Waals surface area contributed by atoms with Gasteiger partial charge in [0.2, 0.25) is 5.91 Å². The van der Waals surface area contributed by atoms with Gasteiger partial charge in [0.15, 0.2) is 0 Å². The molecule has 0 bridgehead atoms. The summed E-state index contributed by atoms with van der Waals surface area (Å²) in [5.41, 5.74) is 5.00. The van der Waals surface area contributed by atoms with Crippen molar-refractivity contribution >= 4 is 11.9 Å². The van der Waals surface area contributed by atoms with E-state index in [-0.39, 0.29) is 18.5 Å². The summed E-state index contributed by atoms with van der Waals surface area (Å²) in [4.78, 5) is 22.8. The zero-order valence-electron chi connectivity index (χ0n) is 6.33. The van der Waals surface area contributed by atoms with Gasteiger partial charge in [-0.05, 0) is 6.92 Å². The van der Waals surface area contributed by atoms with Gasteiger partial charge in [-0.15, -0.1) is 0 Å². The fourth-order valence-corrected chi connectivity index (χ4v) is 1.10. The third-order valence-corrected chi connectivity index (χ3v) is 1.55. The Kier molecular flexibility index (Phi) is 1.98. The number of amides is 3. The molecular formula is C6H11N3O2. The number of carbonyl (C=O) groups is 2. The van der Waals surface area contributed by atoms with Crippen LogP contribution >= 0.6 is 0 Å². The van der Waals surface area contributed by atoms with Crippen LogP contribution in [0, 0.1) is 0 Å². The summed E-state index contributed by atoms with van der Waals surface area (Å²) in [5.74, 6) is -0.150. The molecular weight excluding hydrogens is 146 g/mol. The summed E-state index contributed by atoms with van der Waals surface area (Å²) in [6.45, 7) is 2.41. The van der Waals surface area contributed by atoms with Crippen LogP contribution in [0.25, 0.3) is 0 Å². The zero-order valence-corrected chi connectivity index (χ0v) is 6.33. The Hall–Kier alpha value is -1.26. The molecule has 0 saturated carbocycles. The number of carbonyl (C=O) groups excluding carboxylic acids is 2. The molecule has 0 aromatic heterocycles. The standard InChI is InChI=1S/C6H11N3O2/c1-4-2-9(6(7)11)3-5(10)8-4/h4H,2-3H2,1H3,(H2,7,11)(H,8,10). The monoisotopic (exact) mass is 157 g/mol. The van der Waals surface area contributed by atoms with Crippen LogP contribution in [0.15, 0.2) is 0 Å². The highest BCUT2D eigenvalue weighted by molar-refractivity contribution is 5.84. The van der Waals surface area contributed by atoms with Gasteiger partial charge in [-0.2, -0.15) is 0 Å². The number of nitrogens with one attached hydrogen (secondary N) is 1. The maximum atomic E-state index is 10.8. The maximum Gasteiger partial charge on any atom is 0.315 e. The highest BCUT2D eigenvalue weighted by atomic mass is 16.2. The predicted octanol–water partition coefficient (Wildman–Crippen LogP) is -1.11. The maximum absolute atomic E-state index is 10.8. The minimum absolute atomic E-state index is 0.00347. The van der Waals surface area contributed by atoms with E-state index in [1.165, 1.54) is 4.90 Å². The van der Waals surface area contributed by atoms with Crippen LogP contribution < -0.4 is 11.1 Å². The average Bonchev–Trinajstić information content (AvgIpc) is 1.85. The lowest BCUT2D eigenvalue weighted by Crippen LogP contribution is -2.55. The quantitative estimate of drug-likeness (QED) is 0.467. The molecule has 1 aliphatic rings. The lowest BCUT2D eigenvalue weighted by atomic mass is 10.2. The molecule has 1 rings (SSSR count). The number of primary amides is 1. The van der Waals surface area contributed by atoms with E-state index in [9.17, 15) is 9.59 Å². The molecule has 1 heterocycles. The summed E-state index contributed by atoms with van der Waals surface area (Å²) in [7, 11) is 0. The van der Waals surface area contributed by atoms with Gasteiger partial charge < -0.3 is 16.0 Å². The van der Waals surface area contributed by atoms with E-state index in [1.807, 2.05) is 6.92 Å². The Morgan fingerprint density at radius 2 is 2.45 bits per heavy atom. The second kappa shape index (κ2) is 2.77. The summed E-state index contributed by atoms with van der Waals surface area (Å²) in [6, 6.07) is -0.532. The van der Waals surface area contributed by atoms with Gasteiger partial charge in [0.05, 0.1) is 0 Å². The van der Waals surface area contributed by atoms with Gasteiger partial charge in [0.1, 0.15) is 6.54 Å². The summed E-state index contributed by atoms with van der Waals surface area (Å²) >= 11 is 0. The molecule has 11 heavy (non-hydrogen) atoms. The molecule has 0 radical (unpaired) electrons. The van der Waals surface area contributed by atoms with E-state index in [1.54, 1.807) is 0 Å². The van der Waals surface area contributed by atoms with Crippen LogP contribution in [0.4, 0.5) is 4.79 Å². The van der Waals surface area contributed by atoms with E-state index in [0.717, 1.165) is 0 Å². The second-order valence-corrected chi connectivity index (χ2v) is 2.69. The van der Waals surface area contributed by atoms with E-state index < -0.39 is 6.03 Å². The van der Waals surface area contributed by atoms with Gasteiger partial charge in [-0.3, -0.25) is 4.79 Å². The summed E-state index contributed by atoms with van der Waals surface area (Å²) in [6.07, 6.45) is 0. The van der Waals surface area contributed by atoms with Gasteiger partial charge in [-0.25, -0.2) is 4.79 Å². The number of nitrogens with two attached hydrogens (primary N) is 1. The third-order valence-electron chi connectivity index (χ3n) is 1.55. The van der Waals surface area contributed by atoms with Gasteiger partial charge in [-0.1, -0.05) is 0 Å². The highest BCUT2D eigenvalue weighted by Gasteiger charge is 2.23. The Morgan fingerprint density at radius 3 is 2.91 bits per heavy atom. The molecule has 1 atom stereocenters. The lowest BCUT2D eigenvalue weighted by Gasteiger charge is -2.29. The van der Waals surface area contributed by atoms with E-state index >= 15 is 0 Å². The molecule has 3 N–H and O–H groups in total. The Bertz CT molecular complexity index is 192. The summed E-state index contributed by atoms with van der Waals surface area (Å²) < 4.78 is 0. The third kappa shape index (κ3) is 1.83. The van der Waals surface area contributed by atoms with Gasteiger partial charge in [0.25, 0.3) is 0 Å². The van der Waals surface area contributed by atoms with E-state index in [2.05, 4.69) is 5.32 Å². The molecule has 62 valence electrons. The SMILES string of the molecule is CC1CN(C(N)=O)CC(=O)N1. The number of nitrogens with zero attached hydrogens (tertiary/aromatic N) is 1. The molecule has 0 aromatic carbocycles. The van der Waals surface area contributed by atoms with E-state index in [4.69, 9.17) is 5.73 Å². The minimum atomic E-state index is -0.535. The summed E-state index contributed by atoms with van der Waals surface area (Å²) in [5, 5.41) is 2.68. The molecule has 1 fully saturated rings. The van der Waals surface area contributed by atoms with Crippen LogP contribution in [0.2, 0.25) is 0 Å². The molecule has 0 aromatic rings. The average molecular weight is 157 g/mol.